The molecule has 0 aliphatic rings. The maximum absolute atomic E-state index is 5.29. The predicted octanol–water partition coefficient (Wildman–Crippen LogP) is 3.13. The lowest BCUT2D eigenvalue weighted by Gasteiger charge is -2.06. The first kappa shape index (κ1) is 9.21. The SMILES string of the molecule is COc1ccc(C)cc1-c1cscn1. The number of aryl methyl sites for hydroxylation is 1. The molecule has 3 heteroatoms. The van der Waals surface area contributed by atoms with Gasteiger partial charge in [-0.05, 0) is 19.1 Å². The van der Waals surface area contributed by atoms with Crippen LogP contribution < -0.4 is 4.74 Å². The van der Waals surface area contributed by atoms with Crippen LogP contribution in [0.2, 0.25) is 0 Å². The van der Waals surface area contributed by atoms with Gasteiger partial charge in [-0.3, -0.25) is 0 Å². The summed E-state index contributed by atoms with van der Waals surface area (Å²) in [4.78, 5) is 4.27. The molecule has 0 aliphatic heterocycles. The third kappa shape index (κ3) is 1.63. The molecule has 0 spiro atoms. The minimum absolute atomic E-state index is 0.876. The van der Waals surface area contributed by atoms with Crippen LogP contribution in [-0.2, 0) is 0 Å². The fourth-order valence-corrected chi connectivity index (χ4v) is 1.92. The van der Waals surface area contributed by atoms with Crippen molar-refractivity contribution < 1.29 is 4.74 Å². The van der Waals surface area contributed by atoms with Gasteiger partial charge in [0.2, 0.25) is 0 Å². The summed E-state index contributed by atoms with van der Waals surface area (Å²) in [6.07, 6.45) is 0. The summed E-state index contributed by atoms with van der Waals surface area (Å²) in [6.45, 7) is 2.06. The van der Waals surface area contributed by atoms with Crippen molar-refractivity contribution in [3.8, 4) is 17.0 Å². The quantitative estimate of drug-likeness (QED) is 0.751. The molecule has 1 aromatic carbocycles. The van der Waals surface area contributed by atoms with E-state index in [0.717, 1.165) is 17.0 Å². The van der Waals surface area contributed by atoms with Gasteiger partial charge in [-0.25, -0.2) is 4.98 Å². The highest BCUT2D eigenvalue weighted by Crippen LogP contribution is 2.30. The average Bonchev–Trinajstić information content (AvgIpc) is 2.70. The first-order valence-corrected chi connectivity index (χ1v) is 5.29. The Morgan fingerprint density at radius 1 is 1.36 bits per heavy atom. The number of rotatable bonds is 2. The molecule has 0 amide bonds. The van der Waals surface area contributed by atoms with Crippen LogP contribution in [0.1, 0.15) is 5.56 Å². The monoisotopic (exact) mass is 205 g/mol. The number of hydrogen-bond donors (Lipinski definition) is 0. The van der Waals surface area contributed by atoms with Crippen LogP contribution >= 0.6 is 11.3 Å². The van der Waals surface area contributed by atoms with E-state index in [0.29, 0.717) is 0 Å². The minimum Gasteiger partial charge on any atom is -0.496 e. The van der Waals surface area contributed by atoms with Crippen LogP contribution in [0.25, 0.3) is 11.3 Å². The van der Waals surface area contributed by atoms with Crippen molar-refractivity contribution in [2.45, 2.75) is 6.92 Å². The number of ether oxygens (including phenoxy) is 1. The molecule has 1 heterocycles. The number of thiazole rings is 1. The van der Waals surface area contributed by atoms with Gasteiger partial charge < -0.3 is 4.74 Å². The zero-order chi connectivity index (χ0) is 9.97. The van der Waals surface area contributed by atoms with E-state index in [1.54, 1.807) is 18.4 Å². The molecule has 14 heavy (non-hydrogen) atoms. The zero-order valence-electron chi connectivity index (χ0n) is 8.15. The second-order valence-corrected chi connectivity index (χ2v) is 3.80. The first-order valence-electron chi connectivity index (χ1n) is 4.34. The summed E-state index contributed by atoms with van der Waals surface area (Å²) in [5.74, 6) is 0.876. The van der Waals surface area contributed by atoms with Crippen molar-refractivity contribution in [1.82, 2.24) is 4.98 Å². The number of benzene rings is 1. The lowest BCUT2D eigenvalue weighted by molar-refractivity contribution is 0.416. The van der Waals surface area contributed by atoms with Gasteiger partial charge in [-0.15, -0.1) is 11.3 Å². The Hall–Kier alpha value is -1.35. The van der Waals surface area contributed by atoms with E-state index >= 15 is 0 Å². The standard InChI is InChI=1S/C11H11NOS/c1-8-3-4-11(13-2)9(5-8)10-6-14-7-12-10/h3-7H,1-2H3. The topological polar surface area (TPSA) is 22.1 Å². The minimum atomic E-state index is 0.876. The van der Waals surface area contributed by atoms with Crippen molar-refractivity contribution in [1.29, 1.82) is 0 Å². The fraction of sp³-hybridized carbons (Fsp3) is 0.182. The van der Waals surface area contributed by atoms with Crippen LogP contribution in [-0.4, -0.2) is 12.1 Å². The molecule has 0 N–H and O–H groups in total. The van der Waals surface area contributed by atoms with E-state index in [9.17, 15) is 0 Å². The molecule has 0 radical (unpaired) electrons. The molecular formula is C11H11NOS. The summed E-state index contributed by atoms with van der Waals surface area (Å²) < 4.78 is 5.29. The number of methoxy groups -OCH3 is 1. The van der Waals surface area contributed by atoms with Gasteiger partial charge in [-0.2, -0.15) is 0 Å². The van der Waals surface area contributed by atoms with Crippen molar-refractivity contribution in [2.75, 3.05) is 7.11 Å². The lowest BCUT2D eigenvalue weighted by Crippen LogP contribution is -1.88. The van der Waals surface area contributed by atoms with Crippen LogP contribution in [0, 0.1) is 6.92 Å². The summed E-state index contributed by atoms with van der Waals surface area (Å²) in [6, 6.07) is 6.10. The normalized spacial score (nSPS) is 10.1. The summed E-state index contributed by atoms with van der Waals surface area (Å²) >= 11 is 1.59. The number of hydrogen-bond acceptors (Lipinski definition) is 3. The van der Waals surface area contributed by atoms with E-state index in [4.69, 9.17) is 4.74 Å². The van der Waals surface area contributed by atoms with E-state index in [2.05, 4.69) is 18.0 Å². The molecule has 0 saturated heterocycles. The molecule has 0 atom stereocenters. The molecule has 2 aromatic rings. The molecular weight excluding hydrogens is 194 g/mol. The zero-order valence-corrected chi connectivity index (χ0v) is 8.97. The van der Waals surface area contributed by atoms with Crippen LogP contribution in [0.3, 0.4) is 0 Å². The maximum atomic E-state index is 5.29. The lowest BCUT2D eigenvalue weighted by atomic mass is 10.1. The summed E-state index contributed by atoms with van der Waals surface area (Å²) in [7, 11) is 1.68. The van der Waals surface area contributed by atoms with Crippen LogP contribution in [0.5, 0.6) is 5.75 Å². The third-order valence-corrected chi connectivity index (χ3v) is 2.65. The van der Waals surface area contributed by atoms with Gasteiger partial charge in [0.1, 0.15) is 5.75 Å². The molecule has 0 unspecified atom stereocenters. The van der Waals surface area contributed by atoms with E-state index < -0.39 is 0 Å². The van der Waals surface area contributed by atoms with Gasteiger partial charge >= 0.3 is 0 Å². The smallest absolute Gasteiger partial charge is 0.128 e. The highest BCUT2D eigenvalue weighted by atomic mass is 32.1. The van der Waals surface area contributed by atoms with Crippen LogP contribution in [0.15, 0.2) is 29.1 Å². The Morgan fingerprint density at radius 2 is 2.21 bits per heavy atom. The van der Waals surface area contributed by atoms with Crippen LogP contribution in [0.4, 0.5) is 0 Å². The van der Waals surface area contributed by atoms with Gasteiger partial charge in [-0.1, -0.05) is 11.6 Å². The second-order valence-electron chi connectivity index (χ2n) is 3.08. The highest BCUT2D eigenvalue weighted by Gasteiger charge is 2.06. The first-order chi connectivity index (χ1) is 6.81. The van der Waals surface area contributed by atoms with E-state index in [-0.39, 0.29) is 0 Å². The second kappa shape index (κ2) is 3.80. The van der Waals surface area contributed by atoms with Gasteiger partial charge in [0.05, 0.1) is 18.3 Å². The molecule has 0 aliphatic carbocycles. The van der Waals surface area contributed by atoms with Gasteiger partial charge in [0.15, 0.2) is 0 Å². The van der Waals surface area contributed by atoms with E-state index in [1.165, 1.54) is 5.56 Å². The molecule has 0 saturated carbocycles. The Labute approximate surface area is 87.2 Å². The van der Waals surface area contributed by atoms with E-state index in [1.807, 2.05) is 23.0 Å². The third-order valence-electron chi connectivity index (χ3n) is 2.06. The predicted molar refractivity (Wildman–Crippen MR) is 58.8 cm³/mol. The molecule has 0 fully saturated rings. The Balaban J connectivity index is 2.55. The summed E-state index contributed by atoms with van der Waals surface area (Å²) in [5.41, 5.74) is 5.09. The fourth-order valence-electron chi connectivity index (χ4n) is 1.37. The molecule has 0 bridgehead atoms. The number of nitrogens with zero attached hydrogens (tertiary/aromatic N) is 1. The molecule has 2 nitrogen and oxygen atoms in total. The van der Waals surface area contributed by atoms with Crippen molar-refractivity contribution in [2.24, 2.45) is 0 Å². The molecule has 1 aromatic heterocycles. The molecule has 72 valence electrons. The van der Waals surface area contributed by atoms with Crippen molar-refractivity contribution in [3.05, 3.63) is 34.7 Å². The van der Waals surface area contributed by atoms with Crippen molar-refractivity contribution >= 4 is 11.3 Å². The highest BCUT2D eigenvalue weighted by molar-refractivity contribution is 7.07. The maximum Gasteiger partial charge on any atom is 0.128 e. The largest absolute Gasteiger partial charge is 0.496 e. The molecule has 2 rings (SSSR count). The Bertz CT molecular complexity index is 423. The number of aromatic nitrogens is 1. The Kier molecular flexibility index (Phi) is 2.50. The Morgan fingerprint density at radius 3 is 2.86 bits per heavy atom. The van der Waals surface area contributed by atoms with Gasteiger partial charge in [0.25, 0.3) is 0 Å². The van der Waals surface area contributed by atoms with Gasteiger partial charge in [0, 0.05) is 10.9 Å². The average molecular weight is 205 g/mol. The summed E-state index contributed by atoms with van der Waals surface area (Å²) in [5, 5.41) is 2.03. The van der Waals surface area contributed by atoms with Crippen molar-refractivity contribution in [3.63, 3.8) is 0 Å².